The third-order valence-corrected chi connectivity index (χ3v) is 2.97. The molecule has 2 unspecified atom stereocenters. The van der Waals surface area contributed by atoms with E-state index in [2.05, 4.69) is 16.0 Å². The highest BCUT2D eigenvalue weighted by molar-refractivity contribution is 5.92. The number of carbonyl (C=O) groups is 3. The van der Waals surface area contributed by atoms with Gasteiger partial charge in [-0.25, -0.2) is 4.79 Å². The smallest absolute Gasteiger partial charge is 0.319 e. The van der Waals surface area contributed by atoms with Crippen LogP contribution in [-0.4, -0.2) is 35.6 Å². The lowest BCUT2D eigenvalue weighted by Gasteiger charge is -2.17. The van der Waals surface area contributed by atoms with Crippen molar-refractivity contribution in [1.82, 2.24) is 10.6 Å². The summed E-state index contributed by atoms with van der Waals surface area (Å²) in [6.45, 7) is 2.87. The SMILES string of the molecule is CC(NC(=O)CNC(=O)Nc1ccccc1)C(C)C(=O)O. The average Bonchev–Trinajstić information content (AvgIpc) is 2.45. The summed E-state index contributed by atoms with van der Waals surface area (Å²) in [5.74, 6) is -2.14. The normalized spacial score (nSPS) is 12.9. The van der Waals surface area contributed by atoms with Crippen LogP contribution in [0.1, 0.15) is 13.8 Å². The number of aliphatic carboxylic acids is 1. The molecule has 1 aromatic rings. The van der Waals surface area contributed by atoms with Gasteiger partial charge >= 0.3 is 12.0 Å². The minimum absolute atomic E-state index is 0.227. The molecule has 0 radical (unpaired) electrons. The third kappa shape index (κ3) is 5.94. The van der Waals surface area contributed by atoms with Gasteiger partial charge < -0.3 is 21.1 Å². The molecule has 2 atom stereocenters. The van der Waals surface area contributed by atoms with Crippen molar-refractivity contribution in [1.29, 1.82) is 0 Å². The predicted molar refractivity (Wildman–Crippen MR) is 77.9 cm³/mol. The summed E-state index contributed by atoms with van der Waals surface area (Å²) in [7, 11) is 0. The molecule has 3 amide bonds. The number of anilines is 1. The number of hydrogen-bond donors (Lipinski definition) is 4. The topological polar surface area (TPSA) is 108 Å². The average molecular weight is 293 g/mol. The van der Waals surface area contributed by atoms with Gasteiger partial charge in [0.25, 0.3) is 0 Å². The summed E-state index contributed by atoms with van der Waals surface area (Å²) < 4.78 is 0. The summed E-state index contributed by atoms with van der Waals surface area (Å²) in [5.41, 5.74) is 0.614. The van der Waals surface area contributed by atoms with E-state index in [-0.39, 0.29) is 6.54 Å². The van der Waals surface area contributed by atoms with Gasteiger partial charge in [-0.15, -0.1) is 0 Å². The number of para-hydroxylation sites is 1. The predicted octanol–water partition coefficient (Wildman–Crippen LogP) is 1.03. The quantitative estimate of drug-likeness (QED) is 0.628. The first-order chi connectivity index (χ1) is 9.90. The number of carboxylic acid groups (broad SMARTS) is 1. The van der Waals surface area contributed by atoms with Crippen LogP contribution in [0, 0.1) is 5.92 Å². The lowest BCUT2D eigenvalue weighted by atomic mass is 10.0. The molecule has 7 nitrogen and oxygen atoms in total. The Hall–Kier alpha value is -2.57. The van der Waals surface area contributed by atoms with Gasteiger partial charge in [0.1, 0.15) is 0 Å². The van der Waals surface area contributed by atoms with E-state index in [1.165, 1.54) is 6.92 Å². The standard InChI is InChI=1S/C14H19N3O4/c1-9(13(19)20)10(2)16-12(18)8-15-14(21)17-11-6-4-3-5-7-11/h3-7,9-10H,8H2,1-2H3,(H,16,18)(H,19,20)(H2,15,17,21). The zero-order valence-electron chi connectivity index (χ0n) is 11.9. The summed E-state index contributed by atoms with van der Waals surface area (Å²) in [5, 5.41) is 16.3. The summed E-state index contributed by atoms with van der Waals surface area (Å²) in [4.78, 5) is 33.9. The van der Waals surface area contributed by atoms with Crippen molar-refractivity contribution >= 4 is 23.6 Å². The van der Waals surface area contributed by atoms with Crippen molar-refractivity contribution in [3.8, 4) is 0 Å². The Morgan fingerprint density at radius 3 is 2.33 bits per heavy atom. The molecule has 0 aliphatic heterocycles. The van der Waals surface area contributed by atoms with Crippen molar-refractivity contribution < 1.29 is 19.5 Å². The van der Waals surface area contributed by atoms with E-state index in [1.54, 1.807) is 31.2 Å². The number of amides is 3. The molecule has 0 aliphatic rings. The minimum Gasteiger partial charge on any atom is -0.481 e. The Balaban J connectivity index is 2.33. The second kappa shape index (κ2) is 7.88. The number of urea groups is 1. The maximum absolute atomic E-state index is 11.6. The van der Waals surface area contributed by atoms with Crippen LogP contribution < -0.4 is 16.0 Å². The van der Waals surface area contributed by atoms with Crippen LogP contribution in [0.2, 0.25) is 0 Å². The van der Waals surface area contributed by atoms with E-state index in [1.807, 2.05) is 6.07 Å². The molecule has 7 heteroatoms. The molecule has 0 saturated carbocycles. The maximum Gasteiger partial charge on any atom is 0.319 e. The van der Waals surface area contributed by atoms with E-state index in [0.29, 0.717) is 5.69 Å². The highest BCUT2D eigenvalue weighted by Gasteiger charge is 2.20. The summed E-state index contributed by atoms with van der Waals surface area (Å²) in [6, 6.07) is 7.78. The number of hydrogen-bond acceptors (Lipinski definition) is 3. The van der Waals surface area contributed by atoms with Gasteiger partial charge in [-0.1, -0.05) is 18.2 Å². The second-order valence-corrected chi connectivity index (χ2v) is 4.66. The fraction of sp³-hybridized carbons (Fsp3) is 0.357. The first-order valence-corrected chi connectivity index (χ1v) is 6.52. The van der Waals surface area contributed by atoms with Crippen molar-refractivity contribution in [2.75, 3.05) is 11.9 Å². The molecule has 114 valence electrons. The van der Waals surface area contributed by atoms with Gasteiger partial charge in [0, 0.05) is 11.7 Å². The van der Waals surface area contributed by atoms with Crippen LogP contribution in [0.4, 0.5) is 10.5 Å². The Morgan fingerprint density at radius 2 is 1.76 bits per heavy atom. The molecule has 0 fully saturated rings. The van der Waals surface area contributed by atoms with Crippen LogP contribution in [0.3, 0.4) is 0 Å². The lowest BCUT2D eigenvalue weighted by molar-refractivity contribution is -0.142. The second-order valence-electron chi connectivity index (χ2n) is 4.66. The Kier molecular flexibility index (Phi) is 6.19. The van der Waals surface area contributed by atoms with Gasteiger partial charge in [-0.3, -0.25) is 9.59 Å². The van der Waals surface area contributed by atoms with Crippen LogP contribution in [-0.2, 0) is 9.59 Å². The van der Waals surface area contributed by atoms with E-state index < -0.39 is 29.9 Å². The largest absolute Gasteiger partial charge is 0.481 e. The maximum atomic E-state index is 11.6. The summed E-state index contributed by atoms with van der Waals surface area (Å²) >= 11 is 0. The van der Waals surface area contributed by atoms with Crippen molar-refractivity contribution in [3.05, 3.63) is 30.3 Å². The van der Waals surface area contributed by atoms with Gasteiger partial charge in [0.2, 0.25) is 5.91 Å². The number of nitrogens with one attached hydrogen (secondary N) is 3. The Morgan fingerprint density at radius 1 is 1.14 bits per heavy atom. The molecule has 21 heavy (non-hydrogen) atoms. The molecule has 0 heterocycles. The highest BCUT2D eigenvalue weighted by atomic mass is 16.4. The zero-order valence-corrected chi connectivity index (χ0v) is 11.9. The van der Waals surface area contributed by atoms with Gasteiger partial charge in [0.15, 0.2) is 0 Å². The minimum atomic E-state index is -0.988. The molecular formula is C14H19N3O4. The van der Waals surface area contributed by atoms with Gasteiger partial charge in [-0.2, -0.15) is 0 Å². The summed E-state index contributed by atoms with van der Waals surface area (Å²) in [6.07, 6.45) is 0. The van der Waals surface area contributed by atoms with E-state index in [4.69, 9.17) is 5.11 Å². The molecule has 0 bridgehead atoms. The zero-order chi connectivity index (χ0) is 15.8. The van der Waals surface area contributed by atoms with Crippen molar-refractivity contribution in [3.63, 3.8) is 0 Å². The number of carboxylic acids is 1. The van der Waals surface area contributed by atoms with Crippen LogP contribution in [0.25, 0.3) is 0 Å². The first kappa shape index (κ1) is 16.5. The number of carbonyl (C=O) groups excluding carboxylic acids is 2. The molecule has 1 rings (SSSR count). The third-order valence-electron chi connectivity index (χ3n) is 2.97. The highest BCUT2D eigenvalue weighted by Crippen LogP contribution is 2.04. The van der Waals surface area contributed by atoms with Crippen LogP contribution >= 0.6 is 0 Å². The monoisotopic (exact) mass is 293 g/mol. The molecule has 0 spiro atoms. The van der Waals surface area contributed by atoms with Gasteiger partial charge in [0.05, 0.1) is 12.5 Å². The van der Waals surface area contributed by atoms with Crippen molar-refractivity contribution in [2.45, 2.75) is 19.9 Å². The van der Waals surface area contributed by atoms with Crippen LogP contribution in [0.15, 0.2) is 30.3 Å². The first-order valence-electron chi connectivity index (χ1n) is 6.52. The number of rotatable bonds is 6. The number of benzene rings is 1. The van der Waals surface area contributed by atoms with Gasteiger partial charge in [-0.05, 0) is 26.0 Å². The molecule has 0 aromatic heterocycles. The van der Waals surface area contributed by atoms with E-state index in [0.717, 1.165) is 0 Å². The molecule has 4 N–H and O–H groups in total. The molecule has 1 aromatic carbocycles. The molecular weight excluding hydrogens is 274 g/mol. The Labute approximate surface area is 122 Å². The lowest BCUT2D eigenvalue weighted by Crippen LogP contribution is -2.45. The Bertz CT molecular complexity index is 504. The van der Waals surface area contributed by atoms with E-state index >= 15 is 0 Å². The fourth-order valence-electron chi connectivity index (χ4n) is 1.50. The van der Waals surface area contributed by atoms with E-state index in [9.17, 15) is 14.4 Å². The van der Waals surface area contributed by atoms with Crippen molar-refractivity contribution in [2.24, 2.45) is 5.92 Å². The molecule has 0 saturated heterocycles. The van der Waals surface area contributed by atoms with Crippen LogP contribution in [0.5, 0.6) is 0 Å². The fourth-order valence-corrected chi connectivity index (χ4v) is 1.50. The molecule has 0 aliphatic carbocycles.